The van der Waals surface area contributed by atoms with Crippen LogP contribution in [-0.4, -0.2) is 38.0 Å². The van der Waals surface area contributed by atoms with Crippen LogP contribution in [0.25, 0.3) is 11.1 Å². The summed E-state index contributed by atoms with van der Waals surface area (Å²) in [5, 5.41) is 17.4. The second kappa shape index (κ2) is 7.48. The molecule has 0 fully saturated rings. The third-order valence-electron chi connectivity index (χ3n) is 3.28. The van der Waals surface area contributed by atoms with E-state index in [0.717, 1.165) is 0 Å². The van der Waals surface area contributed by atoms with Gasteiger partial charge in [0.2, 0.25) is 6.10 Å². The maximum Gasteiger partial charge on any atom is 0.360 e. The second-order valence-corrected chi connectivity index (χ2v) is 6.64. The van der Waals surface area contributed by atoms with Crippen LogP contribution in [0.3, 0.4) is 0 Å². The molecule has 0 bridgehead atoms. The van der Waals surface area contributed by atoms with Crippen LogP contribution < -0.4 is 10.0 Å². The molecule has 1 unspecified atom stereocenters. The summed E-state index contributed by atoms with van der Waals surface area (Å²) in [7, 11) is -4.84. The first-order valence-electron chi connectivity index (χ1n) is 7.06. The van der Waals surface area contributed by atoms with Gasteiger partial charge in [0, 0.05) is 5.56 Å². The molecule has 2 aromatic rings. The zero-order chi connectivity index (χ0) is 18.6. The Labute approximate surface area is 142 Å². The lowest BCUT2D eigenvalue weighted by molar-refractivity contribution is -0.151. The fourth-order valence-electron chi connectivity index (χ4n) is 2.26. The molecule has 132 valence electrons. The van der Waals surface area contributed by atoms with Gasteiger partial charge in [-0.25, -0.2) is 4.79 Å². The van der Waals surface area contributed by atoms with Gasteiger partial charge >= 0.3 is 19.5 Å². The molecule has 25 heavy (non-hydrogen) atoms. The first-order valence-corrected chi connectivity index (χ1v) is 8.67. The number of hydrogen-bond acceptors (Lipinski definition) is 4. The minimum atomic E-state index is -4.84. The van der Waals surface area contributed by atoms with Crippen LogP contribution in [0.15, 0.2) is 48.5 Å². The minimum absolute atomic E-state index is 0.172. The quantitative estimate of drug-likeness (QED) is 0.540. The van der Waals surface area contributed by atoms with Crippen LogP contribution in [0.4, 0.5) is 0 Å². The maximum absolute atomic E-state index is 12.0. The third kappa shape index (κ3) is 4.67. The molecule has 0 amide bonds. The van der Waals surface area contributed by atoms with E-state index in [1.807, 2.05) is 0 Å². The zero-order valence-electron chi connectivity index (χ0n) is 12.8. The lowest BCUT2D eigenvalue weighted by Crippen LogP contribution is -2.31. The average molecular weight is 366 g/mol. The highest BCUT2D eigenvalue weighted by atomic mass is 31.2. The number of rotatable bonds is 7. The van der Waals surface area contributed by atoms with Gasteiger partial charge in [0.1, 0.15) is 11.1 Å². The van der Waals surface area contributed by atoms with Gasteiger partial charge in [0.25, 0.3) is 0 Å². The molecule has 4 N–H and O–H groups in total. The van der Waals surface area contributed by atoms with Crippen LogP contribution >= 0.6 is 7.60 Å². The Morgan fingerprint density at radius 1 is 1.00 bits per heavy atom. The summed E-state index contributed by atoms with van der Waals surface area (Å²) in [5.74, 6) is -3.34. The maximum atomic E-state index is 12.0. The molecule has 0 aromatic heterocycles. The number of benzene rings is 2. The lowest BCUT2D eigenvalue weighted by atomic mass is 10.1. The zero-order valence-corrected chi connectivity index (χ0v) is 13.7. The van der Waals surface area contributed by atoms with E-state index in [1.54, 1.807) is 30.3 Å². The van der Waals surface area contributed by atoms with E-state index in [4.69, 9.17) is 14.9 Å². The largest absolute Gasteiger partial charge is 0.481 e. The Morgan fingerprint density at radius 2 is 1.64 bits per heavy atom. The van der Waals surface area contributed by atoms with Crippen molar-refractivity contribution in [3.63, 3.8) is 0 Å². The Bertz CT molecular complexity index is 827. The van der Waals surface area contributed by atoms with Gasteiger partial charge < -0.3 is 24.7 Å². The highest BCUT2D eigenvalue weighted by Gasteiger charge is 2.31. The SMILES string of the molecule is O=C(O)CC(Oc1cccc(-c2ccccc2)c1P(=O)(O)O)C(=O)O. The van der Waals surface area contributed by atoms with E-state index >= 15 is 0 Å². The van der Waals surface area contributed by atoms with Gasteiger partial charge in [0.15, 0.2) is 0 Å². The summed E-state index contributed by atoms with van der Waals surface area (Å²) in [5.41, 5.74) is 0.669. The Kier molecular flexibility index (Phi) is 5.58. The van der Waals surface area contributed by atoms with Crippen LogP contribution in [0.5, 0.6) is 5.75 Å². The Balaban J connectivity index is 2.57. The van der Waals surface area contributed by atoms with Gasteiger partial charge in [-0.1, -0.05) is 42.5 Å². The Hall–Kier alpha value is -2.67. The molecular weight excluding hydrogens is 351 g/mol. The fraction of sp³-hybridized carbons (Fsp3) is 0.125. The average Bonchev–Trinajstić information content (AvgIpc) is 2.53. The van der Waals surface area contributed by atoms with Gasteiger partial charge in [-0.3, -0.25) is 9.36 Å². The molecule has 0 aliphatic heterocycles. The van der Waals surface area contributed by atoms with Crippen LogP contribution in [-0.2, 0) is 14.2 Å². The molecule has 0 heterocycles. The van der Waals surface area contributed by atoms with E-state index in [2.05, 4.69) is 0 Å². The highest BCUT2D eigenvalue weighted by molar-refractivity contribution is 7.60. The van der Waals surface area contributed by atoms with Crippen LogP contribution in [0.2, 0.25) is 0 Å². The molecule has 0 aliphatic carbocycles. The third-order valence-corrected chi connectivity index (χ3v) is 4.32. The number of carboxylic acids is 2. The van der Waals surface area contributed by atoms with E-state index in [9.17, 15) is 23.9 Å². The lowest BCUT2D eigenvalue weighted by Gasteiger charge is -2.19. The molecule has 1 atom stereocenters. The van der Waals surface area contributed by atoms with E-state index in [1.165, 1.54) is 18.2 Å². The van der Waals surface area contributed by atoms with Crippen molar-refractivity contribution in [3.05, 3.63) is 48.5 Å². The van der Waals surface area contributed by atoms with E-state index in [-0.39, 0.29) is 11.3 Å². The predicted octanol–water partition coefficient (Wildman–Crippen LogP) is 1.46. The van der Waals surface area contributed by atoms with E-state index in [0.29, 0.717) is 5.56 Å². The number of hydrogen-bond donors (Lipinski definition) is 4. The first kappa shape index (κ1) is 18.7. The van der Waals surface area contributed by atoms with Gasteiger partial charge in [-0.05, 0) is 11.6 Å². The normalized spacial score (nSPS) is 12.4. The molecule has 2 rings (SSSR count). The van der Waals surface area contributed by atoms with Crippen molar-refractivity contribution >= 4 is 24.8 Å². The molecule has 8 nitrogen and oxygen atoms in total. The molecular formula is C16H15O8P. The molecule has 0 aliphatic rings. The van der Waals surface area contributed by atoms with Gasteiger partial charge in [-0.15, -0.1) is 0 Å². The number of carbonyl (C=O) groups is 2. The van der Waals surface area contributed by atoms with Crippen molar-refractivity contribution < 1.29 is 38.9 Å². The summed E-state index contributed by atoms with van der Waals surface area (Å²) in [6.45, 7) is 0. The Morgan fingerprint density at radius 3 is 2.16 bits per heavy atom. The summed E-state index contributed by atoms with van der Waals surface area (Å²) in [6.07, 6.45) is -2.64. The molecule has 0 saturated heterocycles. The molecule has 0 spiro atoms. The number of aliphatic carboxylic acids is 2. The second-order valence-electron chi connectivity index (χ2n) is 5.10. The van der Waals surface area contributed by atoms with Crippen molar-refractivity contribution in [2.45, 2.75) is 12.5 Å². The minimum Gasteiger partial charge on any atom is -0.481 e. The smallest absolute Gasteiger partial charge is 0.360 e. The van der Waals surface area contributed by atoms with Crippen molar-refractivity contribution in [2.24, 2.45) is 0 Å². The summed E-state index contributed by atoms with van der Waals surface area (Å²) in [6, 6.07) is 12.4. The monoisotopic (exact) mass is 366 g/mol. The van der Waals surface area contributed by atoms with Crippen molar-refractivity contribution in [1.82, 2.24) is 0 Å². The van der Waals surface area contributed by atoms with Crippen molar-refractivity contribution in [3.8, 4) is 16.9 Å². The number of carboxylic acid groups (broad SMARTS) is 2. The van der Waals surface area contributed by atoms with Crippen molar-refractivity contribution in [2.75, 3.05) is 0 Å². The first-order chi connectivity index (χ1) is 11.7. The topological polar surface area (TPSA) is 141 Å². The van der Waals surface area contributed by atoms with Crippen LogP contribution in [0, 0.1) is 0 Å². The number of ether oxygens (including phenoxy) is 1. The highest BCUT2D eigenvalue weighted by Crippen LogP contribution is 2.42. The van der Waals surface area contributed by atoms with Gasteiger partial charge in [-0.2, -0.15) is 0 Å². The van der Waals surface area contributed by atoms with Crippen LogP contribution in [0.1, 0.15) is 6.42 Å². The predicted molar refractivity (Wildman–Crippen MR) is 87.9 cm³/mol. The standard InChI is InChI=1S/C16H15O8P/c17-14(18)9-13(16(19)20)24-12-8-4-7-11(15(12)25(21,22)23)10-5-2-1-3-6-10/h1-8,13H,9H2,(H,17,18)(H,19,20)(H2,21,22,23). The summed E-state index contributed by atoms with van der Waals surface area (Å²) in [4.78, 5) is 41.4. The molecule has 9 heteroatoms. The molecule has 0 saturated carbocycles. The molecule has 0 radical (unpaired) electrons. The fourth-order valence-corrected chi connectivity index (χ4v) is 3.19. The van der Waals surface area contributed by atoms with Gasteiger partial charge in [0.05, 0.1) is 6.42 Å². The van der Waals surface area contributed by atoms with Crippen molar-refractivity contribution in [1.29, 1.82) is 0 Å². The molecule has 2 aromatic carbocycles. The van der Waals surface area contributed by atoms with E-state index < -0.39 is 37.4 Å². The summed E-state index contributed by atoms with van der Waals surface area (Å²) < 4.78 is 17.1. The summed E-state index contributed by atoms with van der Waals surface area (Å²) >= 11 is 0.